The minimum atomic E-state index is -0.567. The second kappa shape index (κ2) is 5.34. The summed E-state index contributed by atoms with van der Waals surface area (Å²) in [7, 11) is 1.41. The Morgan fingerprint density at radius 2 is 2.27 bits per heavy atom. The average molecular weight is 211 g/mol. The Morgan fingerprint density at radius 1 is 1.53 bits per heavy atom. The smallest absolute Gasteiger partial charge is 0.258 e. The molecule has 4 heteroatoms. The van der Waals surface area contributed by atoms with Crippen LogP contribution in [0.5, 0.6) is 5.75 Å². The Labute approximate surface area is 88.2 Å². The van der Waals surface area contributed by atoms with Crippen molar-refractivity contribution >= 4 is 5.91 Å². The molecule has 0 saturated heterocycles. The second-order valence-electron chi connectivity index (χ2n) is 3.07. The highest BCUT2D eigenvalue weighted by Gasteiger charge is 2.16. The SMILES string of the molecule is CCCNC(=O)c1c(F)cccc1OC. The predicted molar refractivity (Wildman–Crippen MR) is 55.6 cm³/mol. The number of methoxy groups -OCH3 is 1. The monoisotopic (exact) mass is 211 g/mol. The van der Waals surface area contributed by atoms with Gasteiger partial charge in [0.05, 0.1) is 7.11 Å². The van der Waals surface area contributed by atoms with Crippen molar-refractivity contribution in [2.24, 2.45) is 0 Å². The number of carbonyl (C=O) groups is 1. The van der Waals surface area contributed by atoms with E-state index in [2.05, 4.69) is 5.32 Å². The zero-order chi connectivity index (χ0) is 11.3. The van der Waals surface area contributed by atoms with Crippen molar-refractivity contribution in [2.75, 3.05) is 13.7 Å². The number of carbonyl (C=O) groups excluding carboxylic acids is 1. The van der Waals surface area contributed by atoms with E-state index < -0.39 is 11.7 Å². The maximum atomic E-state index is 13.4. The molecule has 0 aliphatic rings. The molecule has 0 fully saturated rings. The van der Waals surface area contributed by atoms with Crippen LogP contribution in [0.4, 0.5) is 4.39 Å². The summed E-state index contributed by atoms with van der Waals surface area (Å²) in [5, 5.41) is 2.61. The Morgan fingerprint density at radius 3 is 2.87 bits per heavy atom. The fourth-order valence-corrected chi connectivity index (χ4v) is 1.22. The van der Waals surface area contributed by atoms with Crippen LogP contribution < -0.4 is 10.1 Å². The van der Waals surface area contributed by atoms with E-state index in [4.69, 9.17) is 4.74 Å². The lowest BCUT2D eigenvalue weighted by Gasteiger charge is -2.09. The van der Waals surface area contributed by atoms with Crippen LogP contribution in [-0.4, -0.2) is 19.6 Å². The van der Waals surface area contributed by atoms with Crippen LogP contribution in [0, 0.1) is 5.82 Å². The van der Waals surface area contributed by atoms with Gasteiger partial charge in [0.15, 0.2) is 0 Å². The number of rotatable bonds is 4. The zero-order valence-electron chi connectivity index (χ0n) is 8.84. The highest BCUT2D eigenvalue weighted by atomic mass is 19.1. The minimum Gasteiger partial charge on any atom is -0.496 e. The van der Waals surface area contributed by atoms with Gasteiger partial charge in [-0.05, 0) is 18.6 Å². The number of ether oxygens (including phenoxy) is 1. The molecule has 0 aliphatic heterocycles. The lowest BCUT2D eigenvalue weighted by molar-refractivity contribution is 0.0946. The van der Waals surface area contributed by atoms with E-state index in [1.165, 1.54) is 19.2 Å². The van der Waals surface area contributed by atoms with Crippen LogP contribution >= 0.6 is 0 Å². The van der Waals surface area contributed by atoms with Crippen molar-refractivity contribution in [3.05, 3.63) is 29.6 Å². The van der Waals surface area contributed by atoms with Gasteiger partial charge in [0.1, 0.15) is 17.1 Å². The molecular formula is C11H14FNO2. The van der Waals surface area contributed by atoms with Gasteiger partial charge < -0.3 is 10.1 Å². The van der Waals surface area contributed by atoms with E-state index in [1.54, 1.807) is 6.07 Å². The van der Waals surface area contributed by atoms with E-state index >= 15 is 0 Å². The summed E-state index contributed by atoms with van der Waals surface area (Å²) < 4.78 is 18.3. The summed E-state index contributed by atoms with van der Waals surface area (Å²) in [4.78, 5) is 11.6. The maximum Gasteiger partial charge on any atom is 0.258 e. The molecular weight excluding hydrogens is 197 g/mol. The summed E-state index contributed by atoms with van der Waals surface area (Å²) in [6.45, 7) is 2.45. The van der Waals surface area contributed by atoms with Gasteiger partial charge >= 0.3 is 0 Å². The van der Waals surface area contributed by atoms with Crippen molar-refractivity contribution in [1.82, 2.24) is 5.32 Å². The molecule has 0 aromatic heterocycles. The molecule has 0 saturated carbocycles. The molecule has 1 N–H and O–H groups in total. The zero-order valence-corrected chi connectivity index (χ0v) is 8.84. The van der Waals surface area contributed by atoms with Gasteiger partial charge in [-0.3, -0.25) is 4.79 Å². The molecule has 0 aliphatic carbocycles. The molecule has 15 heavy (non-hydrogen) atoms. The summed E-state index contributed by atoms with van der Waals surface area (Å²) in [5.74, 6) is -0.752. The Balaban J connectivity index is 2.95. The van der Waals surface area contributed by atoms with Crippen LogP contribution in [0.25, 0.3) is 0 Å². The molecule has 0 unspecified atom stereocenters. The van der Waals surface area contributed by atoms with Crippen LogP contribution in [0.1, 0.15) is 23.7 Å². The van der Waals surface area contributed by atoms with Gasteiger partial charge in [-0.15, -0.1) is 0 Å². The van der Waals surface area contributed by atoms with Crippen LogP contribution in [0.15, 0.2) is 18.2 Å². The molecule has 1 rings (SSSR count). The number of nitrogens with one attached hydrogen (secondary N) is 1. The first-order valence-corrected chi connectivity index (χ1v) is 4.81. The molecule has 0 bridgehead atoms. The van der Waals surface area contributed by atoms with Crippen LogP contribution in [0.3, 0.4) is 0 Å². The average Bonchev–Trinajstić information content (AvgIpc) is 2.25. The van der Waals surface area contributed by atoms with Gasteiger partial charge in [-0.25, -0.2) is 4.39 Å². The standard InChI is InChI=1S/C11H14FNO2/c1-3-7-13-11(14)10-8(12)5-4-6-9(10)15-2/h4-6H,3,7H2,1-2H3,(H,13,14). The number of halogens is 1. The van der Waals surface area contributed by atoms with Crippen molar-refractivity contribution < 1.29 is 13.9 Å². The summed E-state index contributed by atoms with van der Waals surface area (Å²) in [6.07, 6.45) is 0.808. The lowest BCUT2D eigenvalue weighted by Crippen LogP contribution is -2.25. The van der Waals surface area contributed by atoms with E-state index in [1.807, 2.05) is 6.92 Å². The molecule has 1 amide bonds. The van der Waals surface area contributed by atoms with E-state index in [0.717, 1.165) is 6.42 Å². The minimum absolute atomic E-state index is 0.0338. The third-order valence-electron chi connectivity index (χ3n) is 1.96. The molecule has 0 radical (unpaired) electrons. The van der Waals surface area contributed by atoms with E-state index in [9.17, 15) is 9.18 Å². The Kier molecular flexibility index (Phi) is 4.09. The third kappa shape index (κ3) is 2.68. The van der Waals surface area contributed by atoms with Gasteiger partial charge in [-0.1, -0.05) is 13.0 Å². The van der Waals surface area contributed by atoms with Crippen molar-refractivity contribution in [2.45, 2.75) is 13.3 Å². The molecule has 82 valence electrons. The first kappa shape index (κ1) is 11.5. The summed E-state index contributed by atoms with van der Waals surface area (Å²) in [6, 6.07) is 4.30. The highest BCUT2D eigenvalue weighted by molar-refractivity contribution is 5.97. The quantitative estimate of drug-likeness (QED) is 0.826. The van der Waals surface area contributed by atoms with Gasteiger partial charge in [-0.2, -0.15) is 0 Å². The number of hydrogen-bond acceptors (Lipinski definition) is 2. The number of amides is 1. The van der Waals surface area contributed by atoms with Gasteiger partial charge in [0, 0.05) is 6.54 Å². The Bertz CT molecular complexity index is 352. The maximum absolute atomic E-state index is 13.4. The lowest BCUT2D eigenvalue weighted by atomic mass is 10.1. The van der Waals surface area contributed by atoms with E-state index in [0.29, 0.717) is 6.54 Å². The molecule has 0 atom stereocenters. The summed E-state index contributed by atoms with van der Waals surface area (Å²) in [5.41, 5.74) is -0.0338. The second-order valence-corrected chi connectivity index (χ2v) is 3.07. The fraction of sp³-hybridized carbons (Fsp3) is 0.364. The first-order valence-electron chi connectivity index (χ1n) is 4.81. The molecule has 0 spiro atoms. The van der Waals surface area contributed by atoms with Crippen molar-refractivity contribution in [3.63, 3.8) is 0 Å². The highest BCUT2D eigenvalue weighted by Crippen LogP contribution is 2.20. The topological polar surface area (TPSA) is 38.3 Å². The fourth-order valence-electron chi connectivity index (χ4n) is 1.22. The predicted octanol–water partition coefficient (Wildman–Crippen LogP) is 1.97. The van der Waals surface area contributed by atoms with E-state index in [-0.39, 0.29) is 11.3 Å². The molecule has 0 heterocycles. The van der Waals surface area contributed by atoms with Crippen LogP contribution in [-0.2, 0) is 0 Å². The third-order valence-corrected chi connectivity index (χ3v) is 1.96. The molecule has 1 aromatic carbocycles. The van der Waals surface area contributed by atoms with Gasteiger partial charge in [0.2, 0.25) is 0 Å². The largest absolute Gasteiger partial charge is 0.496 e. The summed E-state index contributed by atoms with van der Waals surface area (Å²) >= 11 is 0. The molecule has 1 aromatic rings. The first-order chi connectivity index (χ1) is 7.20. The number of hydrogen-bond donors (Lipinski definition) is 1. The molecule has 3 nitrogen and oxygen atoms in total. The van der Waals surface area contributed by atoms with Crippen molar-refractivity contribution in [3.8, 4) is 5.75 Å². The Hall–Kier alpha value is -1.58. The normalized spacial score (nSPS) is 9.80. The van der Waals surface area contributed by atoms with Crippen molar-refractivity contribution in [1.29, 1.82) is 0 Å². The van der Waals surface area contributed by atoms with Gasteiger partial charge in [0.25, 0.3) is 5.91 Å². The number of benzene rings is 1. The van der Waals surface area contributed by atoms with Crippen LogP contribution in [0.2, 0.25) is 0 Å².